The maximum Gasteiger partial charge on any atom is 0.216 e. The smallest absolute Gasteiger partial charge is 0.216 e. The molecule has 4 nitrogen and oxygen atoms in total. The second kappa shape index (κ2) is 4.00. The van der Waals surface area contributed by atoms with Crippen LogP contribution in [-0.4, -0.2) is 4.98 Å². The number of nitrogens with zero attached hydrogens (tertiary/aromatic N) is 2. The van der Waals surface area contributed by atoms with E-state index in [1.54, 1.807) is 48.7 Å². The van der Waals surface area contributed by atoms with Crippen LogP contribution in [0.15, 0.2) is 63.2 Å². The van der Waals surface area contributed by atoms with Gasteiger partial charge >= 0.3 is 0 Å². The fourth-order valence-corrected chi connectivity index (χ4v) is 1.87. The molecule has 3 rings (SSSR count). The van der Waals surface area contributed by atoms with E-state index in [-0.39, 0.29) is 16.2 Å². The van der Waals surface area contributed by atoms with E-state index in [1.165, 1.54) is 0 Å². The normalized spacial score (nSPS) is 10.7. The molecule has 0 unspecified atom stereocenters. The van der Waals surface area contributed by atoms with E-state index >= 15 is 0 Å². The number of hydrogen-bond donors (Lipinski definition) is 0. The fraction of sp³-hybridized carbons (Fsp3) is 0. The third-order valence-electron chi connectivity index (χ3n) is 2.72. The second-order valence-corrected chi connectivity index (χ2v) is 3.85. The predicted octanol–water partition coefficient (Wildman–Crippen LogP) is 1.06. The molecule has 0 N–H and O–H groups in total. The Bertz CT molecular complexity index is 810. The van der Waals surface area contributed by atoms with Gasteiger partial charge in [0, 0.05) is 17.0 Å². The number of fused-ring (bicyclic) bond motifs is 1. The minimum atomic E-state index is -0.332. The van der Waals surface area contributed by atoms with Crippen LogP contribution in [0, 0.1) is 0 Å². The molecule has 0 atom stereocenters. The molecule has 86 valence electrons. The third-order valence-corrected chi connectivity index (χ3v) is 2.72. The average molecular weight is 236 g/mol. The summed E-state index contributed by atoms with van der Waals surface area (Å²) in [5, 5.41) is 0.768. The van der Waals surface area contributed by atoms with Gasteiger partial charge in [0.15, 0.2) is 11.2 Å². The molecule has 0 spiro atoms. The van der Waals surface area contributed by atoms with Crippen molar-refractivity contribution in [3.8, 4) is 0 Å². The summed E-state index contributed by atoms with van der Waals surface area (Å²) in [7, 11) is 0. The van der Waals surface area contributed by atoms with Gasteiger partial charge in [0.05, 0.1) is 0 Å². The zero-order valence-corrected chi connectivity index (χ0v) is 9.33. The van der Waals surface area contributed by atoms with E-state index < -0.39 is 0 Å². The lowest BCUT2D eigenvalue weighted by molar-refractivity contribution is 1.20. The lowest BCUT2D eigenvalue weighted by atomic mass is 10.2. The highest BCUT2D eigenvalue weighted by molar-refractivity contribution is 5.83. The van der Waals surface area contributed by atoms with E-state index in [0.717, 1.165) is 0 Å². The zero-order valence-electron chi connectivity index (χ0n) is 9.33. The fourth-order valence-electron chi connectivity index (χ4n) is 1.87. The van der Waals surface area contributed by atoms with Crippen LogP contribution in [0.5, 0.6) is 0 Å². The first-order valence-corrected chi connectivity index (χ1v) is 5.45. The zero-order chi connectivity index (χ0) is 12.5. The van der Waals surface area contributed by atoms with Crippen LogP contribution in [0.3, 0.4) is 0 Å². The molecular weight excluding hydrogens is 228 g/mol. The number of rotatable bonds is 1. The first kappa shape index (κ1) is 10.5. The minimum absolute atomic E-state index is 0.0603. The van der Waals surface area contributed by atoms with Gasteiger partial charge in [-0.05, 0) is 12.1 Å². The quantitative estimate of drug-likeness (QED) is 0.634. The van der Waals surface area contributed by atoms with E-state index in [9.17, 15) is 9.59 Å². The molecule has 0 saturated heterocycles. The molecule has 1 heterocycles. The Morgan fingerprint density at radius 2 is 1.44 bits per heavy atom. The van der Waals surface area contributed by atoms with Crippen molar-refractivity contribution in [2.24, 2.45) is 4.99 Å². The topological polar surface area (TPSA) is 59.4 Å². The molecule has 0 aliphatic rings. The van der Waals surface area contributed by atoms with Crippen molar-refractivity contribution < 1.29 is 0 Å². The van der Waals surface area contributed by atoms with Crippen molar-refractivity contribution >= 4 is 16.6 Å². The average Bonchev–Trinajstić information content (AvgIpc) is 2.66. The Balaban J connectivity index is 2.41. The van der Waals surface area contributed by atoms with Gasteiger partial charge < -0.3 is 0 Å². The highest BCUT2D eigenvalue weighted by atomic mass is 16.1. The monoisotopic (exact) mass is 236 g/mol. The van der Waals surface area contributed by atoms with Crippen molar-refractivity contribution in [1.82, 2.24) is 4.98 Å². The van der Waals surface area contributed by atoms with Crippen LogP contribution in [0.4, 0.5) is 5.82 Å². The Kier molecular flexibility index (Phi) is 2.34. The van der Waals surface area contributed by atoms with E-state index in [2.05, 4.69) is 9.98 Å². The first-order valence-electron chi connectivity index (χ1n) is 5.45. The summed E-state index contributed by atoms with van der Waals surface area (Å²) in [5.74, 6) is 0.363. The van der Waals surface area contributed by atoms with Crippen LogP contribution >= 0.6 is 0 Å². The maximum atomic E-state index is 12.0. The minimum Gasteiger partial charge on any atom is -0.287 e. The van der Waals surface area contributed by atoms with Gasteiger partial charge in [-0.1, -0.05) is 30.3 Å². The van der Waals surface area contributed by atoms with Crippen LogP contribution < -0.4 is 16.2 Å². The van der Waals surface area contributed by atoms with Crippen molar-refractivity contribution in [2.75, 3.05) is 0 Å². The van der Waals surface area contributed by atoms with Crippen molar-refractivity contribution in [3.63, 3.8) is 0 Å². The molecule has 0 amide bonds. The van der Waals surface area contributed by atoms with Crippen LogP contribution in [0.25, 0.3) is 10.8 Å². The molecular formula is C14H8N2O2. The van der Waals surface area contributed by atoms with Crippen molar-refractivity contribution in [3.05, 3.63) is 74.5 Å². The summed E-state index contributed by atoms with van der Waals surface area (Å²) in [6.45, 7) is 0. The van der Waals surface area contributed by atoms with Gasteiger partial charge in [-0.3, -0.25) is 9.59 Å². The SMILES string of the molecule is O=c1c(=Nc2ccccn2)c(=O)c2ccccc12. The molecule has 2 aromatic carbocycles. The van der Waals surface area contributed by atoms with Gasteiger partial charge in [-0.2, -0.15) is 0 Å². The number of pyridine rings is 1. The van der Waals surface area contributed by atoms with Crippen LogP contribution in [-0.2, 0) is 0 Å². The van der Waals surface area contributed by atoms with Gasteiger partial charge in [0.2, 0.25) is 10.9 Å². The number of hydrogen-bond acceptors (Lipinski definition) is 4. The van der Waals surface area contributed by atoms with E-state index in [0.29, 0.717) is 16.6 Å². The van der Waals surface area contributed by atoms with Gasteiger partial charge in [0.1, 0.15) is 0 Å². The molecule has 0 aliphatic heterocycles. The second-order valence-electron chi connectivity index (χ2n) is 3.85. The number of benzene rings is 1. The molecule has 0 saturated carbocycles. The Morgan fingerprint density at radius 1 is 0.833 bits per heavy atom. The van der Waals surface area contributed by atoms with Crippen LogP contribution in [0.2, 0.25) is 0 Å². The highest BCUT2D eigenvalue weighted by Crippen LogP contribution is 2.04. The summed E-state index contributed by atoms with van der Waals surface area (Å²) < 4.78 is 0. The maximum absolute atomic E-state index is 12.0. The Labute approximate surface area is 102 Å². The molecule has 18 heavy (non-hydrogen) atoms. The van der Waals surface area contributed by atoms with Gasteiger partial charge in [-0.25, -0.2) is 9.98 Å². The molecule has 0 fully saturated rings. The lowest BCUT2D eigenvalue weighted by Crippen LogP contribution is -2.31. The largest absolute Gasteiger partial charge is 0.287 e. The molecule has 1 aromatic heterocycles. The number of aromatic nitrogens is 1. The Hall–Kier alpha value is -2.62. The van der Waals surface area contributed by atoms with E-state index in [4.69, 9.17) is 0 Å². The first-order chi connectivity index (χ1) is 8.77. The predicted molar refractivity (Wildman–Crippen MR) is 68.3 cm³/mol. The molecule has 4 heteroatoms. The lowest BCUT2D eigenvalue weighted by Gasteiger charge is -1.86. The van der Waals surface area contributed by atoms with Gasteiger partial charge in [-0.15, -0.1) is 0 Å². The molecule has 0 aliphatic carbocycles. The summed E-state index contributed by atoms with van der Waals surface area (Å²) >= 11 is 0. The highest BCUT2D eigenvalue weighted by Gasteiger charge is 2.09. The van der Waals surface area contributed by atoms with Gasteiger partial charge in [0.25, 0.3) is 0 Å². The van der Waals surface area contributed by atoms with Crippen LogP contribution in [0.1, 0.15) is 0 Å². The summed E-state index contributed by atoms with van der Waals surface area (Å²) in [6, 6.07) is 11.9. The molecule has 0 bridgehead atoms. The van der Waals surface area contributed by atoms with E-state index in [1.807, 2.05) is 0 Å². The summed E-state index contributed by atoms with van der Waals surface area (Å²) in [6.07, 6.45) is 1.57. The molecule has 3 aromatic rings. The third kappa shape index (κ3) is 1.55. The Morgan fingerprint density at radius 3 is 2.00 bits per heavy atom. The molecule has 0 radical (unpaired) electrons. The van der Waals surface area contributed by atoms with Crippen molar-refractivity contribution in [2.45, 2.75) is 0 Å². The summed E-state index contributed by atoms with van der Waals surface area (Å²) in [5.41, 5.74) is -0.664. The van der Waals surface area contributed by atoms with Crippen molar-refractivity contribution in [1.29, 1.82) is 0 Å². The standard InChI is InChI=1S/C14H8N2O2/c17-13-9-5-1-2-6-10(9)14(18)12(13)16-11-7-3-4-8-15-11/h1-8H. The summed E-state index contributed by atoms with van der Waals surface area (Å²) in [4.78, 5) is 32.1.